The largest absolute Gasteiger partial charge is 0.394 e. The zero-order valence-corrected chi connectivity index (χ0v) is 10.8. The number of hydrogen-bond acceptors (Lipinski definition) is 3. The summed E-state index contributed by atoms with van der Waals surface area (Å²) in [5, 5.41) is 12.7. The molecule has 0 aliphatic carbocycles. The molecule has 0 amide bonds. The Kier molecular flexibility index (Phi) is 4.60. The molecule has 0 aliphatic heterocycles. The molecule has 0 spiro atoms. The number of nitrogens with zero attached hydrogens (tertiary/aromatic N) is 1. The van der Waals surface area contributed by atoms with Crippen LogP contribution in [0.25, 0.3) is 0 Å². The van der Waals surface area contributed by atoms with E-state index in [2.05, 4.69) is 10.3 Å². The van der Waals surface area contributed by atoms with Crippen molar-refractivity contribution in [1.29, 1.82) is 0 Å². The van der Waals surface area contributed by atoms with Crippen LogP contribution in [0.2, 0.25) is 0 Å². The van der Waals surface area contributed by atoms with Crippen LogP contribution < -0.4 is 5.32 Å². The summed E-state index contributed by atoms with van der Waals surface area (Å²) in [4.78, 5) is 3.83. The molecule has 2 aromatic rings. The van der Waals surface area contributed by atoms with Crippen LogP contribution in [0.15, 0.2) is 48.8 Å². The van der Waals surface area contributed by atoms with Crippen molar-refractivity contribution in [3.63, 3.8) is 0 Å². The van der Waals surface area contributed by atoms with Crippen LogP contribution in [0.1, 0.15) is 30.1 Å². The van der Waals surface area contributed by atoms with Gasteiger partial charge in [-0.1, -0.05) is 30.3 Å². The molecule has 0 radical (unpaired) electrons. The van der Waals surface area contributed by atoms with E-state index in [1.54, 1.807) is 6.20 Å². The molecule has 3 nitrogen and oxygen atoms in total. The lowest BCUT2D eigenvalue weighted by molar-refractivity contribution is 0.235. The van der Waals surface area contributed by atoms with Crippen molar-refractivity contribution < 1.29 is 9.50 Å². The van der Waals surface area contributed by atoms with Crippen LogP contribution in [-0.2, 0) is 0 Å². The highest BCUT2D eigenvalue weighted by molar-refractivity contribution is 5.21. The van der Waals surface area contributed by atoms with E-state index in [1.807, 2.05) is 37.3 Å². The summed E-state index contributed by atoms with van der Waals surface area (Å²) in [6.45, 7) is 1.90. The molecule has 0 aliphatic rings. The minimum Gasteiger partial charge on any atom is -0.394 e. The maximum Gasteiger partial charge on any atom is 0.141 e. The van der Waals surface area contributed by atoms with Crippen molar-refractivity contribution >= 4 is 0 Å². The van der Waals surface area contributed by atoms with Crippen molar-refractivity contribution in [2.45, 2.75) is 19.0 Å². The first-order chi connectivity index (χ1) is 9.20. The Morgan fingerprint density at radius 1 is 1.21 bits per heavy atom. The molecule has 2 atom stereocenters. The molecule has 0 bridgehead atoms. The van der Waals surface area contributed by atoms with Gasteiger partial charge in [0.15, 0.2) is 0 Å². The Morgan fingerprint density at radius 2 is 1.95 bits per heavy atom. The van der Waals surface area contributed by atoms with Crippen LogP contribution in [0.4, 0.5) is 4.39 Å². The highest BCUT2D eigenvalue weighted by atomic mass is 19.1. The standard InChI is InChI=1S/C15H17FN2O/c1-11(13-7-14(16)9-17-8-13)18-15(10-19)12-5-3-2-4-6-12/h2-9,11,15,18-19H,10H2,1H3/t11?,15-/m0/s1. The Bertz CT molecular complexity index is 519. The molecule has 19 heavy (non-hydrogen) atoms. The van der Waals surface area contributed by atoms with Crippen LogP contribution in [-0.4, -0.2) is 16.7 Å². The van der Waals surface area contributed by atoms with E-state index in [0.29, 0.717) is 0 Å². The second-order valence-electron chi connectivity index (χ2n) is 4.47. The second-order valence-corrected chi connectivity index (χ2v) is 4.47. The monoisotopic (exact) mass is 260 g/mol. The molecule has 2 rings (SSSR count). The van der Waals surface area contributed by atoms with Crippen LogP contribution in [0, 0.1) is 5.82 Å². The summed E-state index contributed by atoms with van der Waals surface area (Å²) in [6, 6.07) is 10.8. The second kappa shape index (κ2) is 6.41. The highest BCUT2D eigenvalue weighted by Gasteiger charge is 2.14. The number of benzene rings is 1. The Balaban J connectivity index is 2.10. The van der Waals surface area contributed by atoms with Gasteiger partial charge in [-0.15, -0.1) is 0 Å². The van der Waals surface area contributed by atoms with Gasteiger partial charge in [-0.25, -0.2) is 4.39 Å². The van der Waals surface area contributed by atoms with Crippen molar-refractivity contribution in [3.8, 4) is 0 Å². The first kappa shape index (κ1) is 13.6. The fourth-order valence-electron chi connectivity index (χ4n) is 2.00. The molecule has 100 valence electrons. The summed E-state index contributed by atoms with van der Waals surface area (Å²) in [5.74, 6) is -0.355. The smallest absolute Gasteiger partial charge is 0.141 e. The normalized spacial score (nSPS) is 14.1. The van der Waals surface area contributed by atoms with Crippen LogP contribution in [0.3, 0.4) is 0 Å². The SMILES string of the molecule is CC(N[C@@H](CO)c1ccccc1)c1cncc(F)c1. The predicted octanol–water partition coefficient (Wildman–Crippen LogP) is 2.60. The number of rotatable bonds is 5. The maximum absolute atomic E-state index is 13.1. The molecule has 2 N–H and O–H groups in total. The predicted molar refractivity (Wildman–Crippen MR) is 72.0 cm³/mol. The summed E-state index contributed by atoms with van der Waals surface area (Å²) in [6.07, 6.45) is 2.80. The van der Waals surface area contributed by atoms with Crippen molar-refractivity contribution in [1.82, 2.24) is 10.3 Å². The van der Waals surface area contributed by atoms with E-state index in [0.717, 1.165) is 11.1 Å². The molecule has 0 saturated heterocycles. The van der Waals surface area contributed by atoms with E-state index in [4.69, 9.17) is 0 Å². The van der Waals surface area contributed by atoms with Gasteiger partial charge in [0.05, 0.1) is 18.8 Å². The van der Waals surface area contributed by atoms with Gasteiger partial charge in [-0.3, -0.25) is 4.98 Å². The topological polar surface area (TPSA) is 45.1 Å². The third kappa shape index (κ3) is 3.59. The number of aliphatic hydroxyl groups is 1. The molecule has 0 saturated carbocycles. The number of hydrogen-bond donors (Lipinski definition) is 2. The number of pyridine rings is 1. The molecule has 4 heteroatoms. The highest BCUT2D eigenvalue weighted by Crippen LogP contribution is 2.19. The van der Waals surface area contributed by atoms with E-state index < -0.39 is 0 Å². The van der Waals surface area contributed by atoms with Gasteiger partial charge in [-0.2, -0.15) is 0 Å². The van der Waals surface area contributed by atoms with Crippen molar-refractivity contribution in [2.75, 3.05) is 6.61 Å². The molecule has 0 fully saturated rings. The fourth-order valence-corrected chi connectivity index (χ4v) is 2.00. The molecule has 1 aromatic carbocycles. The van der Waals surface area contributed by atoms with E-state index in [-0.39, 0.29) is 24.5 Å². The lowest BCUT2D eigenvalue weighted by Crippen LogP contribution is -2.27. The lowest BCUT2D eigenvalue weighted by atomic mass is 10.0. The van der Waals surface area contributed by atoms with Gasteiger partial charge in [-0.05, 0) is 24.1 Å². The van der Waals surface area contributed by atoms with Crippen molar-refractivity contribution in [3.05, 3.63) is 65.7 Å². The molecular weight excluding hydrogens is 243 g/mol. The third-order valence-corrected chi connectivity index (χ3v) is 3.06. The van der Waals surface area contributed by atoms with Gasteiger partial charge in [0, 0.05) is 12.2 Å². The van der Waals surface area contributed by atoms with Gasteiger partial charge < -0.3 is 10.4 Å². The minimum absolute atomic E-state index is 0.0168. The van der Waals surface area contributed by atoms with Gasteiger partial charge in [0.2, 0.25) is 0 Å². The molecular formula is C15H17FN2O. The number of aromatic nitrogens is 1. The minimum atomic E-state index is -0.355. The van der Waals surface area contributed by atoms with Gasteiger partial charge in [0.1, 0.15) is 5.82 Å². The molecule has 1 unspecified atom stereocenters. The lowest BCUT2D eigenvalue weighted by Gasteiger charge is -2.22. The Hall–Kier alpha value is -1.78. The number of halogens is 1. The number of nitrogens with one attached hydrogen (secondary N) is 1. The maximum atomic E-state index is 13.1. The third-order valence-electron chi connectivity index (χ3n) is 3.06. The van der Waals surface area contributed by atoms with Crippen molar-refractivity contribution in [2.24, 2.45) is 0 Å². The Morgan fingerprint density at radius 3 is 2.58 bits per heavy atom. The summed E-state index contributed by atoms with van der Waals surface area (Å²) < 4.78 is 13.1. The fraction of sp³-hybridized carbons (Fsp3) is 0.267. The zero-order valence-electron chi connectivity index (χ0n) is 10.8. The summed E-state index contributed by atoms with van der Waals surface area (Å²) >= 11 is 0. The average Bonchev–Trinajstić information content (AvgIpc) is 2.45. The summed E-state index contributed by atoms with van der Waals surface area (Å²) in [5.41, 5.74) is 1.76. The summed E-state index contributed by atoms with van der Waals surface area (Å²) in [7, 11) is 0. The molecule has 1 heterocycles. The first-order valence-electron chi connectivity index (χ1n) is 6.23. The first-order valence-corrected chi connectivity index (χ1v) is 6.23. The average molecular weight is 260 g/mol. The van der Waals surface area contributed by atoms with Crippen LogP contribution in [0.5, 0.6) is 0 Å². The molecule has 1 aromatic heterocycles. The van der Waals surface area contributed by atoms with Crippen LogP contribution >= 0.6 is 0 Å². The van der Waals surface area contributed by atoms with Gasteiger partial charge >= 0.3 is 0 Å². The van der Waals surface area contributed by atoms with E-state index in [1.165, 1.54) is 12.3 Å². The van der Waals surface area contributed by atoms with E-state index >= 15 is 0 Å². The Labute approximate surface area is 112 Å². The zero-order chi connectivity index (χ0) is 13.7. The quantitative estimate of drug-likeness (QED) is 0.868. The van der Waals surface area contributed by atoms with Gasteiger partial charge in [0.25, 0.3) is 0 Å². The number of aliphatic hydroxyl groups excluding tert-OH is 1. The van der Waals surface area contributed by atoms with E-state index in [9.17, 15) is 9.50 Å².